The molecule has 1 aliphatic heterocycles. The van der Waals surface area contributed by atoms with Crippen molar-refractivity contribution in [3.8, 4) is 0 Å². The summed E-state index contributed by atoms with van der Waals surface area (Å²) in [5.41, 5.74) is 1.76. The largest absolute Gasteiger partial charge is 0.350 e. The van der Waals surface area contributed by atoms with Crippen LogP contribution in [0.2, 0.25) is 0 Å². The number of amides is 3. The van der Waals surface area contributed by atoms with Gasteiger partial charge >= 0.3 is 0 Å². The molecule has 0 saturated heterocycles. The van der Waals surface area contributed by atoms with Gasteiger partial charge < -0.3 is 5.32 Å². The van der Waals surface area contributed by atoms with E-state index in [2.05, 4.69) is 26.2 Å². The summed E-state index contributed by atoms with van der Waals surface area (Å²) in [6, 6.07) is 5.03. The molecule has 130 valence electrons. The number of halogens is 1. The fourth-order valence-corrected chi connectivity index (χ4v) is 3.68. The monoisotopic (exact) mass is 421 g/mol. The highest BCUT2D eigenvalue weighted by Gasteiger charge is 2.35. The van der Waals surface area contributed by atoms with Gasteiger partial charge in [-0.25, -0.2) is 4.98 Å². The Morgan fingerprint density at radius 3 is 2.76 bits per heavy atom. The first-order valence-electron chi connectivity index (χ1n) is 7.79. The maximum Gasteiger partial charge on any atom is 0.261 e. The molecule has 1 N–H and O–H groups in total. The number of hydrogen-bond donors (Lipinski definition) is 1. The minimum Gasteiger partial charge on any atom is -0.350 e. The third-order valence-corrected chi connectivity index (χ3v) is 5.28. The van der Waals surface area contributed by atoms with Gasteiger partial charge in [-0.2, -0.15) is 0 Å². The first kappa shape index (κ1) is 17.8. The SMILES string of the molecule is Cc1csc(CNC(=O)CCCN2C(=O)c3ccc(Br)cc3C2=O)n1. The zero-order chi connectivity index (χ0) is 18.0. The molecule has 2 heterocycles. The summed E-state index contributed by atoms with van der Waals surface area (Å²) in [6.07, 6.45) is 0.677. The number of carbonyl (C=O) groups excluding carboxylic acids is 3. The van der Waals surface area contributed by atoms with Crippen LogP contribution >= 0.6 is 27.3 Å². The van der Waals surface area contributed by atoms with Crippen LogP contribution in [0.25, 0.3) is 0 Å². The lowest BCUT2D eigenvalue weighted by Gasteiger charge is -2.13. The van der Waals surface area contributed by atoms with Crippen LogP contribution in [-0.4, -0.2) is 34.2 Å². The van der Waals surface area contributed by atoms with Crippen molar-refractivity contribution < 1.29 is 14.4 Å². The Morgan fingerprint density at radius 2 is 2.04 bits per heavy atom. The summed E-state index contributed by atoms with van der Waals surface area (Å²) in [5, 5.41) is 5.59. The smallest absolute Gasteiger partial charge is 0.261 e. The molecule has 8 heteroatoms. The van der Waals surface area contributed by atoms with Gasteiger partial charge in [0.05, 0.1) is 17.7 Å². The van der Waals surface area contributed by atoms with E-state index in [0.29, 0.717) is 24.1 Å². The molecular formula is C17H16BrN3O3S. The summed E-state index contributed by atoms with van der Waals surface area (Å²) in [5.74, 6) is -0.724. The van der Waals surface area contributed by atoms with Gasteiger partial charge in [0.25, 0.3) is 11.8 Å². The second kappa shape index (κ2) is 7.45. The van der Waals surface area contributed by atoms with Gasteiger partial charge in [0.1, 0.15) is 5.01 Å². The van der Waals surface area contributed by atoms with E-state index in [1.807, 2.05) is 12.3 Å². The van der Waals surface area contributed by atoms with Gasteiger partial charge in [-0.3, -0.25) is 19.3 Å². The molecule has 1 aliphatic rings. The zero-order valence-corrected chi connectivity index (χ0v) is 15.9. The Hall–Kier alpha value is -2.06. The topological polar surface area (TPSA) is 79.4 Å². The fraction of sp³-hybridized carbons (Fsp3) is 0.294. The van der Waals surface area contributed by atoms with E-state index in [0.717, 1.165) is 15.2 Å². The Morgan fingerprint density at radius 1 is 1.28 bits per heavy atom. The van der Waals surface area contributed by atoms with Crippen LogP contribution in [0.1, 0.15) is 44.3 Å². The average molecular weight is 422 g/mol. The van der Waals surface area contributed by atoms with Crippen LogP contribution in [0, 0.1) is 6.92 Å². The standard InChI is InChI=1S/C17H16BrN3O3S/c1-10-9-25-15(20-10)8-19-14(22)3-2-6-21-16(23)12-5-4-11(18)7-13(12)17(21)24/h4-5,7,9H,2-3,6,8H2,1H3,(H,19,22). The zero-order valence-electron chi connectivity index (χ0n) is 13.5. The number of fused-ring (bicyclic) bond motifs is 1. The Labute approximate surface area is 157 Å². The first-order chi connectivity index (χ1) is 12.0. The summed E-state index contributed by atoms with van der Waals surface area (Å²) >= 11 is 4.81. The summed E-state index contributed by atoms with van der Waals surface area (Å²) in [7, 11) is 0. The quantitative estimate of drug-likeness (QED) is 0.727. The van der Waals surface area contributed by atoms with Crippen LogP contribution in [0.15, 0.2) is 28.1 Å². The Kier molecular flexibility index (Phi) is 5.29. The number of aromatic nitrogens is 1. The van der Waals surface area contributed by atoms with Gasteiger partial charge in [-0.1, -0.05) is 15.9 Å². The summed E-state index contributed by atoms with van der Waals surface area (Å²) in [6.45, 7) is 2.54. The lowest BCUT2D eigenvalue weighted by Crippen LogP contribution is -2.32. The van der Waals surface area contributed by atoms with Crippen molar-refractivity contribution in [2.45, 2.75) is 26.3 Å². The number of carbonyl (C=O) groups is 3. The minimum atomic E-state index is -0.306. The second-order valence-corrected chi connectivity index (χ2v) is 7.57. The number of aryl methyl sites for hydroxylation is 1. The van der Waals surface area contributed by atoms with Crippen molar-refractivity contribution >= 4 is 45.0 Å². The number of hydrogen-bond acceptors (Lipinski definition) is 5. The van der Waals surface area contributed by atoms with E-state index in [1.54, 1.807) is 18.2 Å². The molecule has 2 aromatic rings. The number of nitrogens with zero attached hydrogens (tertiary/aromatic N) is 2. The molecule has 0 aliphatic carbocycles. The molecule has 0 radical (unpaired) electrons. The van der Waals surface area contributed by atoms with Crippen LogP contribution in [0.4, 0.5) is 0 Å². The van der Waals surface area contributed by atoms with Gasteiger partial charge in [0.15, 0.2) is 0 Å². The van der Waals surface area contributed by atoms with Crippen molar-refractivity contribution in [3.05, 3.63) is 49.9 Å². The van der Waals surface area contributed by atoms with E-state index in [1.165, 1.54) is 16.2 Å². The third-order valence-electron chi connectivity index (χ3n) is 3.82. The molecule has 25 heavy (non-hydrogen) atoms. The van der Waals surface area contributed by atoms with Crippen molar-refractivity contribution in [2.24, 2.45) is 0 Å². The normalized spacial score (nSPS) is 13.3. The third kappa shape index (κ3) is 3.96. The van der Waals surface area contributed by atoms with Gasteiger partial charge in [0, 0.05) is 28.5 Å². The highest BCUT2D eigenvalue weighted by Crippen LogP contribution is 2.26. The molecule has 0 fully saturated rings. The van der Waals surface area contributed by atoms with Crippen molar-refractivity contribution in [3.63, 3.8) is 0 Å². The molecule has 0 saturated carbocycles. The molecule has 1 aromatic heterocycles. The van der Waals surface area contributed by atoms with Crippen LogP contribution in [-0.2, 0) is 11.3 Å². The molecule has 3 amide bonds. The molecular weight excluding hydrogens is 406 g/mol. The van der Waals surface area contributed by atoms with Crippen molar-refractivity contribution in [1.82, 2.24) is 15.2 Å². The minimum absolute atomic E-state index is 0.118. The van der Waals surface area contributed by atoms with E-state index >= 15 is 0 Å². The Bertz CT molecular complexity index is 849. The molecule has 0 atom stereocenters. The Balaban J connectivity index is 1.48. The predicted octanol–water partition coefficient (Wildman–Crippen LogP) is 2.91. The van der Waals surface area contributed by atoms with Gasteiger partial charge in [-0.05, 0) is 31.5 Å². The van der Waals surface area contributed by atoms with E-state index in [4.69, 9.17) is 0 Å². The number of thiazole rings is 1. The molecule has 0 spiro atoms. The summed E-state index contributed by atoms with van der Waals surface area (Å²) < 4.78 is 0.756. The number of rotatable bonds is 6. The molecule has 0 bridgehead atoms. The average Bonchev–Trinajstić information content (AvgIpc) is 3.09. The lowest BCUT2D eigenvalue weighted by molar-refractivity contribution is -0.121. The first-order valence-corrected chi connectivity index (χ1v) is 9.46. The number of benzene rings is 1. The summed E-state index contributed by atoms with van der Waals surface area (Å²) in [4.78, 5) is 42.0. The number of imide groups is 1. The lowest BCUT2D eigenvalue weighted by atomic mass is 10.1. The molecule has 6 nitrogen and oxygen atoms in total. The highest BCUT2D eigenvalue weighted by atomic mass is 79.9. The second-order valence-electron chi connectivity index (χ2n) is 5.71. The molecule has 1 aromatic carbocycles. The molecule has 0 unspecified atom stereocenters. The van der Waals surface area contributed by atoms with E-state index in [9.17, 15) is 14.4 Å². The van der Waals surface area contributed by atoms with Gasteiger partial charge in [0.2, 0.25) is 5.91 Å². The maximum atomic E-state index is 12.3. The van der Waals surface area contributed by atoms with E-state index in [-0.39, 0.29) is 30.7 Å². The fourth-order valence-electron chi connectivity index (χ4n) is 2.61. The number of nitrogens with one attached hydrogen (secondary N) is 1. The highest BCUT2D eigenvalue weighted by molar-refractivity contribution is 9.10. The van der Waals surface area contributed by atoms with Crippen LogP contribution in [0.5, 0.6) is 0 Å². The predicted molar refractivity (Wildman–Crippen MR) is 97.4 cm³/mol. The van der Waals surface area contributed by atoms with Crippen LogP contribution in [0.3, 0.4) is 0 Å². The van der Waals surface area contributed by atoms with Crippen LogP contribution < -0.4 is 5.32 Å². The van der Waals surface area contributed by atoms with Crippen molar-refractivity contribution in [2.75, 3.05) is 6.54 Å². The van der Waals surface area contributed by atoms with Crippen molar-refractivity contribution in [1.29, 1.82) is 0 Å². The van der Waals surface area contributed by atoms with E-state index < -0.39 is 0 Å². The molecule has 3 rings (SSSR count). The van der Waals surface area contributed by atoms with Gasteiger partial charge in [-0.15, -0.1) is 11.3 Å². The maximum absolute atomic E-state index is 12.3.